The molecule has 37 valence electrons. The lowest BCUT2D eigenvalue weighted by molar-refractivity contribution is 0.0354. The number of halogens is 1. The highest BCUT2D eigenvalue weighted by Crippen LogP contribution is 1.93. The zero-order valence-corrected chi connectivity index (χ0v) is 3.52. The number of hydrogen-bond acceptors (Lipinski definition) is 1. The fraction of sp³-hybridized carbons (Fsp3) is 0.750. The summed E-state index contributed by atoms with van der Waals surface area (Å²) in [6.07, 6.45) is -1.06. The summed E-state index contributed by atoms with van der Waals surface area (Å²) in [6, 6.07) is 0. The van der Waals surface area contributed by atoms with Gasteiger partial charge in [0.2, 0.25) is 0 Å². The first-order valence-electron chi connectivity index (χ1n) is 1.88. The van der Waals surface area contributed by atoms with Crippen molar-refractivity contribution < 1.29 is 9.50 Å². The lowest BCUT2D eigenvalue weighted by Crippen LogP contribution is -1.93. The Morgan fingerprint density at radius 2 is 2.33 bits per heavy atom. The number of aliphatic hydroxyl groups excluding tert-OH is 1. The Balaban J connectivity index is 2.63. The summed E-state index contributed by atoms with van der Waals surface area (Å²) in [7, 11) is 0. The fourth-order valence-electron chi connectivity index (χ4n) is 0.168. The average Bonchev–Trinajstić information content (AvgIpc) is 1.35. The number of aliphatic hydroxyl groups is 1. The minimum atomic E-state index is -1.66. The molecule has 1 N–H and O–H groups in total. The Kier molecular flexibility index (Phi) is 3.04. The van der Waals surface area contributed by atoms with Gasteiger partial charge < -0.3 is 5.11 Å². The Morgan fingerprint density at radius 3 is 2.33 bits per heavy atom. The van der Waals surface area contributed by atoms with Gasteiger partial charge in [-0.05, 0) is 6.42 Å². The highest BCUT2D eigenvalue weighted by molar-refractivity contribution is 4.40. The Hall–Kier alpha value is -0.110. The molecule has 0 saturated heterocycles. The maximum atomic E-state index is 11.2. The molecule has 0 saturated carbocycles. The van der Waals surface area contributed by atoms with Gasteiger partial charge in [0.1, 0.15) is 0 Å². The van der Waals surface area contributed by atoms with Crippen LogP contribution in [0.15, 0.2) is 0 Å². The molecule has 0 heterocycles. The molecule has 1 atom stereocenters. The zero-order chi connectivity index (χ0) is 4.99. The molecule has 1 radical (unpaired) electrons. The second-order valence-electron chi connectivity index (χ2n) is 1.08. The smallest absolute Gasteiger partial charge is 0.196 e. The molecule has 2 heteroatoms. The van der Waals surface area contributed by atoms with Gasteiger partial charge in [-0.15, -0.1) is 0 Å². The molecule has 0 aromatic rings. The highest BCUT2D eigenvalue weighted by Gasteiger charge is 1.92. The van der Waals surface area contributed by atoms with Crippen molar-refractivity contribution in [2.75, 3.05) is 0 Å². The van der Waals surface area contributed by atoms with Crippen LogP contribution in [0.25, 0.3) is 0 Å². The summed E-state index contributed by atoms with van der Waals surface area (Å²) >= 11 is 0. The van der Waals surface area contributed by atoms with Crippen LogP contribution in [0.5, 0.6) is 0 Å². The molecular formula is C4H8FO. The van der Waals surface area contributed by atoms with Gasteiger partial charge in [-0.25, -0.2) is 4.39 Å². The Bertz CT molecular complexity index is 28.7. The van der Waals surface area contributed by atoms with Gasteiger partial charge in [0, 0.05) is 6.42 Å². The van der Waals surface area contributed by atoms with Crippen LogP contribution in [0.1, 0.15) is 12.8 Å². The lowest BCUT2D eigenvalue weighted by atomic mass is 10.3. The van der Waals surface area contributed by atoms with E-state index in [2.05, 4.69) is 6.92 Å². The van der Waals surface area contributed by atoms with E-state index < -0.39 is 6.36 Å². The van der Waals surface area contributed by atoms with Crippen molar-refractivity contribution in [2.24, 2.45) is 0 Å². The lowest BCUT2D eigenvalue weighted by Gasteiger charge is -1.91. The number of alkyl halides is 1. The van der Waals surface area contributed by atoms with Gasteiger partial charge in [0.05, 0.1) is 0 Å². The third-order valence-electron chi connectivity index (χ3n) is 0.442. The molecule has 0 aliphatic rings. The van der Waals surface area contributed by atoms with Crippen LogP contribution < -0.4 is 0 Å². The predicted molar refractivity (Wildman–Crippen MR) is 21.7 cm³/mol. The average molecular weight is 91.1 g/mol. The van der Waals surface area contributed by atoms with E-state index in [0.29, 0.717) is 6.42 Å². The molecule has 0 aliphatic carbocycles. The van der Waals surface area contributed by atoms with Gasteiger partial charge in [-0.2, -0.15) is 0 Å². The van der Waals surface area contributed by atoms with Crippen LogP contribution in [0.3, 0.4) is 0 Å². The molecule has 1 nitrogen and oxygen atoms in total. The van der Waals surface area contributed by atoms with Crippen molar-refractivity contribution in [3.63, 3.8) is 0 Å². The SMILES string of the molecule is [CH2]CCC(O)F. The molecule has 0 bridgehead atoms. The van der Waals surface area contributed by atoms with E-state index in [-0.39, 0.29) is 6.42 Å². The second kappa shape index (κ2) is 3.09. The van der Waals surface area contributed by atoms with E-state index in [4.69, 9.17) is 5.11 Å². The van der Waals surface area contributed by atoms with Crippen LogP contribution in [-0.2, 0) is 0 Å². The fourth-order valence-corrected chi connectivity index (χ4v) is 0.168. The predicted octanol–water partition coefficient (Wildman–Crippen LogP) is 0.889. The van der Waals surface area contributed by atoms with E-state index in [1.807, 2.05) is 0 Å². The van der Waals surface area contributed by atoms with Gasteiger partial charge in [-0.1, -0.05) is 6.92 Å². The van der Waals surface area contributed by atoms with E-state index in [0.717, 1.165) is 0 Å². The summed E-state index contributed by atoms with van der Waals surface area (Å²) in [5, 5.41) is 7.85. The van der Waals surface area contributed by atoms with Crippen molar-refractivity contribution in [3.8, 4) is 0 Å². The standard InChI is InChI=1S/C4H8FO/c1-2-3-4(5)6/h4,6H,1-3H2. The summed E-state index contributed by atoms with van der Waals surface area (Å²) in [4.78, 5) is 0. The summed E-state index contributed by atoms with van der Waals surface area (Å²) in [5.74, 6) is 0. The van der Waals surface area contributed by atoms with Crippen LogP contribution in [0.4, 0.5) is 4.39 Å². The second-order valence-corrected chi connectivity index (χ2v) is 1.08. The third kappa shape index (κ3) is 3.89. The molecule has 0 aliphatic heterocycles. The van der Waals surface area contributed by atoms with E-state index in [9.17, 15) is 4.39 Å². The van der Waals surface area contributed by atoms with Gasteiger partial charge in [0.15, 0.2) is 6.36 Å². The first-order valence-corrected chi connectivity index (χ1v) is 1.88. The van der Waals surface area contributed by atoms with Crippen molar-refractivity contribution in [1.82, 2.24) is 0 Å². The normalized spacial score (nSPS) is 14.5. The molecule has 0 rings (SSSR count). The highest BCUT2D eigenvalue weighted by atomic mass is 19.1. The van der Waals surface area contributed by atoms with Crippen molar-refractivity contribution in [1.29, 1.82) is 0 Å². The largest absolute Gasteiger partial charge is 0.364 e. The molecule has 0 aromatic carbocycles. The minimum Gasteiger partial charge on any atom is -0.364 e. The van der Waals surface area contributed by atoms with Crippen LogP contribution in [-0.4, -0.2) is 11.5 Å². The van der Waals surface area contributed by atoms with Crippen molar-refractivity contribution >= 4 is 0 Å². The first kappa shape index (κ1) is 5.89. The van der Waals surface area contributed by atoms with Gasteiger partial charge in [0.25, 0.3) is 0 Å². The molecule has 1 unspecified atom stereocenters. The number of hydrogen-bond donors (Lipinski definition) is 1. The molecule has 0 aromatic heterocycles. The first-order chi connectivity index (χ1) is 2.77. The number of rotatable bonds is 2. The molecule has 0 amide bonds. The quantitative estimate of drug-likeness (QED) is 0.535. The van der Waals surface area contributed by atoms with E-state index in [1.54, 1.807) is 0 Å². The van der Waals surface area contributed by atoms with Gasteiger partial charge >= 0.3 is 0 Å². The molecule has 0 fully saturated rings. The van der Waals surface area contributed by atoms with E-state index in [1.165, 1.54) is 0 Å². The van der Waals surface area contributed by atoms with Gasteiger partial charge in [-0.3, -0.25) is 0 Å². The van der Waals surface area contributed by atoms with Crippen LogP contribution in [0.2, 0.25) is 0 Å². The molecular weight excluding hydrogens is 83.0 g/mol. The zero-order valence-electron chi connectivity index (χ0n) is 3.52. The Morgan fingerprint density at radius 1 is 1.83 bits per heavy atom. The summed E-state index contributed by atoms with van der Waals surface area (Å²) in [6.45, 7) is 3.33. The molecule has 6 heavy (non-hydrogen) atoms. The Labute approximate surface area is 36.8 Å². The monoisotopic (exact) mass is 91.1 g/mol. The van der Waals surface area contributed by atoms with Crippen molar-refractivity contribution in [2.45, 2.75) is 19.2 Å². The minimum absolute atomic E-state index is 0.153. The maximum Gasteiger partial charge on any atom is 0.196 e. The summed E-state index contributed by atoms with van der Waals surface area (Å²) in [5.41, 5.74) is 0. The molecule has 0 spiro atoms. The topological polar surface area (TPSA) is 20.2 Å². The summed E-state index contributed by atoms with van der Waals surface area (Å²) < 4.78 is 11.2. The van der Waals surface area contributed by atoms with Crippen LogP contribution >= 0.6 is 0 Å². The maximum absolute atomic E-state index is 11.2. The van der Waals surface area contributed by atoms with E-state index >= 15 is 0 Å². The third-order valence-corrected chi connectivity index (χ3v) is 0.442. The van der Waals surface area contributed by atoms with Crippen LogP contribution in [0, 0.1) is 6.92 Å². The van der Waals surface area contributed by atoms with Crippen molar-refractivity contribution in [3.05, 3.63) is 6.92 Å².